The van der Waals surface area contributed by atoms with Crippen molar-refractivity contribution in [1.82, 2.24) is 30.1 Å². The molecule has 0 aliphatic carbocycles. The number of H-pyrrole nitrogens is 2. The highest BCUT2D eigenvalue weighted by Gasteiger charge is 2.34. The summed E-state index contributed by atoms with van der Waals surface area (Å²) in [5, 5.41) is 8.13. The third-order valence-electron chi connectivity index (χ3n) is 6.00. The summed E-state index contributed by atoms with van der Waals surface area (Å²) in [6, 6.07) is 8.86. The van der Waals surface area contributed by atoms with Crippen molar-refractivity contribution in [3.05, 3.63) is 54.7 Å². The number of fused-ring (bicyclic) bond motifs is 2. The van der Waals surface area contributed by atoms with Gasteiger partial charge in [-0.15, -0.1) is 0 Å². The van der Waals surface area contributed by atoms with Gasteiger partial charge < -0.3 is 9.88 Å². The van der Waals surface area contributed by atoms with Crippen LogP contribution in [0.25, 0.3) is 44.7 Å². The number of aromatic amines is 2. The number of imidazole rings is 1. The van der Waals surface area contributed by atoms with Crippen molar-refractivity contribution >= 4 is 27.6 Å². The fourth-order valence-electron chi connectivity index (χ4n) is 4.27. The van der Waals surface area contributed by atoms with E-state index in [1.807, 2.05) is 29.2 Å². The second-order valence-electron chi connectivity index (χ2n) is 8.18. The molecular weight excluding hydrogens is 431 g/mol. The Labute approximate surface area is 185 Å². The number of piperidine rings is 1. The van der Waals surface area contributed by atoms with Gasteiger partial charge in [0.1, 0.15) is 17.0 Å². The SMILES string of the molecule is Fc1cncc(-c2cc3c(-c4nc5c(N6CCC(F)(F)CC6)cccc5[nH]4)n[nH]c3cn2)c1. The predicted molar refractivity (Wildman–Crippen MR) is 119 cm³/mol. The molecule has 0 saturated carbocycles. The first-order valence-electron chi connectivity index (χ1n) is 10.5. The number of pyridine rings is 2. The maximum absolute atomic E-state index is 13.6. The van der Waals surface area contributed by atoms with Crippen LogP contribution in [0, 0.1) is 5.82 Å². The summed E-state index contributed by atoms with van der Waals surface area (Å²) < 4.78 is 40.9. The third-order valence-corrected chi connectivity index (χ3v) is 6.00. The Morgan fingerprint density at radius 1 is 1.00 bits per heavy atom. The predicted octanol–water partition coefficient (Wildman–Crippen LogP) is 4.94. The molecule has 7 nitrogen and oxygen atoms in total. The number of alkyl halides is 2. The molecule has 0 unspecified atom stereocenters. The number of benzene rings is 1. The number of halogens is 3. The highest BCUT2D eigenvalue weighted by molar-refractivity contribution is 5.96. The van der Waals surface area contributed by atoms with E-state index < -0.39 is 11.7 Å². The van der Waals surface area contributed by atoms with Gasteiger partial charge in [-0.3, -0.25) is 15.1 Å². The molecule has 1 saturated heterocycles. The number of aromatic nitrogens is 6. The van der Waals surface area contributed by atoms with E-state index in [4.69, 9.17) is 4.98 Å². The lowest BCUT2D eigenvalue weighted by atomic mass is 10.1. The lowest BCUT2D eigenvalue weighted by molar-refractivity contribution is -0.0220. The normalized spacial score (nSPS) is 16.0. The topological polar surface area (TPSA) is 86.4 Å². The number of anilines is 1. The molecule has 0 radical (unpaired) electrons. The van der Waals surface area contributed by atoms with E-state index in [-0.39, 0.29) is 25.9 Å². The Hall–Kier alpha value is -3.95. The van der Waals surface area contributed by atoms with Gasteiger partial charge >= 0.3 is 0 Å². The number of hydrogen-bond donors (Lipinski definition) is 2. The number of rotatable bonds is 3. The van der Waals surface area contributed by atoms with Gasteiger partial charge in [0, 0.05) is 43.1 Å². The minimum atomic E-state index is -2.61. The number of nitrogens with one attached hydrogen (secondary N) is 2. The van der Waals surface area contributed by atoms with E-state index in [1.54, 1.807) is 12.4 Å². The second kappa shape index (κ2) is 7.29. The highest BCUT2D eigenvalue weighted by atomic mass is 19.3. The van der Waals surface area contributed by atoms with Gasteiger partial charge in [-0.05, 0) is 24.3 Å². The van der Waals surface area contributed by atoms with E-state index in [9.17, 15) is 13.2 Å². The van der Waals surface area contributed by atoms with Crippen LogP contribution in [0.5, 0.6) is 0 Å². The molecule has 1 fully saturated rings. The van der Waals surface area contributed by atoms with Crippen molar-refractivity contribution in [2.75, 3.05) is 18.0 Å². The van der Waals surface area contributed by atoms with Crippen LogP contribution < -0.4 is 4.90 Å². The quantitative estimate of drug-likeness (QED) is 0.408. The first kappa shape index (κ1) is 19.7. The standard InChI is InChI=1S/C23H18F3N7/c24-14-8-13(10-27-11-14)17-9-15-18(12-28-17)31-32-20(15)22-29-16-2-1-3-19(21(16)30-22)33-6-4-23(25,26)5-7-33/h1-3,8-12H,4-7H2,(H,29,30)(H,31,32). The molecular formula is C23H18F3N7. The Morgan fingerprint density at radius 3 is 2.67 bits per heavy atom. The van der Waals surface area contributed by atoms with Crippen LogP contribution in [0.4, 0.5) is 18.9 Å². The van der Waals surface area contributed by atoms with Gasteiger partial charge in [0.2, 0.25) is 0 Å². The van der Waals surface area contributed by atoms with Crippen LogP contribution in [0.1, 0.15) is 12.8 Å². The van der Waals surface area contributed by atoms with Crippen LogP contribution in [0.15, 0.2) is 48.9 Å². The average molecular weight is 449 g/mol. The van der Waals surface area contributed by atoms with Crippen LogP contribution in [0.2, 0.25) is 0 Å². The molecule has 6 rings (SSSR count). The fraction of sp³-hybridized carbons (Fsp3) is 0.217. The van der Waals surface area contributed by atoms with Crippen LogP contribution in [0.3, 0.4) is 0 Å². The average Bonchev–Trinajstić information content (AvgIpc) is 3.42. The van der Waals surface area contributed by atoms with Crippen molar-refractivity contribution in [1.29, 1.82) is 0 Å². The van der Waals surface area contributed by atoms with Crippen molar-refractivity contribution in [3.8, 4) is 22.8 Å². The molecule has 33 heavy (non-hydrogen) atoms. The number of hydrogen-bond acceptors (Lipinski definition) is 5. The highest BCUT2D eigenvalue weighted by Crippen LogP contribution is 2.35. The van der Waals surface area contributed by atoms with Gasteiger partial charge in [-0.2, -0.15) is 5.10 Å². The van der Waals surface area contributed by atoms with Gasteiger partial charge in [-0.25, -0.2) is 18.2 Å². The maximum atomic E-state index is 13.6. The third kappa shape index (κ3) is 3.47. The number of para-hydroxylation sites is 1. The van der Waals surface area contributed by atoms with Gasteiger partial charge in [-0.1, -0.05) is 6.07 Å². The van der Waals surface area contributed by atoms with E-state index in [0.29, 0.717) is 33.8 Å². The monoisotopic (exact) mass is 449 g/mol. The summed E-state index contributed by atoms with van der Waals surface area (Å²) in [6.07, 6.45) is 3.98. The Balaban J connectivity index is 1.42. The molecule has 10 heteroatoms. The molecule has 2 N–H and O–H groups in total. The van der Waals surface area contributed by atoms with E-state index in [1.165, 1.54) is 6.07 Å². The Bertz CT molecular complexity index is 1480. The summed E-state index contributed by atoms with van der Waals surface area (Å²) in [4.78, 5) is 18.3. The molecule has 1 aliphatic heterocycles. The zero-order valence-electron chi connectivity index (χ0n) is 17.3. The molecule has 4 aromatic heterocycles. The van der Waals surface area contributed by atoms with Gasteiger partial charge in [0.25, 0.3) is 5.92 Å². The van der Waals surface area contributed by atoms with Crippen molar-refractivity contribution in [3.63, 3.8) is 0 Å². The minimum Gasteiger partial charge on any atom is -0.369 e. The lowest BCUT2D eigenvalue weighted by Gasteiger charge is -2.33. The molecule has 0 amide bonds. The van der Waals surface area contributed by atoms with Crippen LogP contribution in [-0.2, 0) is 0 Å². The van der Waals surface area contributed by atoms with E-state index in [0.717, 1.165) is 22.8 Å². The molecule has 5 aromatic rings. The summed E-state index contributed by atoms with van der Waals surface area (Å²) in [7, 11) is 0. The molecule has 0 spiro atoms. The minimum absolute atomic E-state index is 0.171. The molecule has 0 atom stereocenters. The van der Waals surface area contributed by atoms with Crippen LogP contribution >= 0.6 is 0 Å². The van der Waals surface area contributed by atoms with Gasteiger partial charge in [0.05, 0.1) is 34.8 Å². The van der Waals surface area contributed by atoms with Crippen LogP contribution in [-0.4, -0.2) is 49.1 Å². The molecule has 1 aliphatic rings. The van der Waals surface area contributed by atoms with E-state index >= 15 is 0 Å². The van der Waals surface area contributed by atoms with Gasteiger partial charge in [0.15, 0.2) is 5.82 Å². The zero-order chi connectivity index (χ0) is 22.6. The number of nitrogens with zero attached hydrogens (tertiary/aromatic N) is 5. The summed E-state index contributed by atoms with van der Waals surface area (Å²) in [6.45, 7) is 0.548. The second-order valence-corrected chi connectivity index (χ2v) is 8.18. The molecule has 5 heterocycles. The summed E-state index contributed by atoms with van der Waals surface area (Å²) >= 11 is 0. The lowest BCUT2D eigenvalue weighted by Crippen LogP contribution is -2.39. The molecule has 0 bridgehead atoms. The summed E-state index contributed by atoms with van der Waals surface area (Å²) in [5.41, 5.74) is 4.72. The Morgan fingerprint density at radius 2 is 1.85 bits per heavy atom. The van der Waals surface area contributed by atoms with Crippen molar-refractivity contribution < 1.29 is 13.2 Å². The van der Waals surface area contributed by atoms with E-state index in [2.05, 4.69) is 25.1 Å². The fourth-order valence-corrected chi connectivity index (χ4v) is 4.27. The van der Waals surface area contributed by atoms with Crippen molar-refractivity contribution in [2.45, 2.75) is 18.8 Å². The zero-order valence-corrected chi connectivity index (χ0v) is 17.3. The summed E-state index contributed by atoms with van der Waals surface area (Å²) in [5.74, 6) is -2.51. The van der Waals surface area contributed by atoms with Crippen molar-refractivity contribution in [2.24, 2.45) is 0 Å². The Kier molecular flexibility index (Phi) is 4.36. The smallest absolute Gasteiger partial charge is 0.251 e. The molecule has 166 valence electrons. The molecule has 1 aromatic carbocycles. The first-order valence-corrected chi connectivity index (χ1v) is 10.5. The largest absolute Gasteiger partial charge is 0.369 e. The first-order chi connectivity index (χ1) is 16.0. The maximum Gasteiger partial charge on any atom is 0.251 e.